The molecule has 1 aliphatic heterocycles. The Balaban J connectivity index is 1.86. The van der Waals surface area contributed by atoms with E-state index >= 15 is 0 Å². The molecule has 0 aromatic heterocycles. The van der Waals surface area contributed by atoms with Crippen LogP contribution in [0.5, 0.6) is 0 Å². The largest absolute Gasteiger partial charge is 0.373 e. The molecule has 2 aromatic carbocycles. The molecule has 1 aliphatic rings. The summed E-state index contributed by atoms with van der Waals surface area (Å²) in [6, 6.07) is 11.1. The van der Waals surface area contributed by atoms with E-state index in [9.17, 15) is 9.59 Å². The Morgan fingerprint density at radius 2 is 1.71 bits per heavy atom. The fourth-order valence-corrected chi connectivity index (χ4v) is 3.01. The number of rotatable bonds is 3. The summed E-state index contributed by atoms with van der Waals surface area (Å²) in [4.78, 5) is 26.5. The van der Waals surface area contributed by atoms with Gasteiger partial charge in [0, 0.05) is 5.69 Å². The number of carbonyl (C=O) groups excluding carboxylic acids is 2. The number of aryl methyl sites for hydroxylation is 3. The van der Waals surface area contributed by atoms with Crippen molar-refractivity contribution in [3.05, 3.63) is 58.7 Å². The molecular formula is C20H22N2O2. The topological polar surface area (TPSA) is 49.4 Å². The Morgan fingerprint density at radius 3 is 2.42 bits per heavy atom. The Hall–Kier alpha value is -2.62. The quantitative estimate of drug-likeness (QED) is 0.877. The highest BCUT2D eigenvalue weighted by molar-refractivity contribution is 6.23. The maximum Gasteiger partial charge on any atom is 0.256 e. The first-order valence-electron chi connectivity index (χ1n) is 8.15. The standard InChI is InChI=1S/C20H22N2O2/c1-12-8-9-16(10-14(12)3)21-17-11-19(23)22(20(17)24)18-7-5-6-13(2)15(18)4/h5-10,17,21H,11H2,1-4H3. The maximum absolute atomic E-state index is 12.8. The molecule has 3 rings (SSSR count). The first kappa shape index (κ1) is 16.2. The van der Waals surface area contributed by atoms with Gasteiger partial charge in [0.2, 0.25) is 5.91 Å². The number of hydrogen-bond acceptors (Lipinski definition) is 3. The first-order chi connectivity index (χ1) is 11.4. The number of hydrogen-bond donors (Lipinski definition) is 1. The van der Waals surface area contributed by atoms with Gasteiger partial charge in [-0.25, -0.2) is 4.90 Å². The summed E-state index contributed by atoms with van der Waals surface area (Å²) in [5, 5.41) is 3.21. The highest BCUT2D eigenvalue weighted by Gasteiger charge is 2.40. The average molecular weight is 322 g/mol. The molecule has 2 aromatic rings. The number of benzene rings is 2. The lowest BCUT2D eigenvalue weighted by molar-refractivity contribution is -0.121. The molecule has 0 aliphatic carbocycles. The van der Waals surface area contributed by atoms with Gasteiger partial charge < -0.3 is 5.32 Å². The Bertz CT molecular complexity index is 826. The highest BCUT2D eigenvalue weighted by Crippen LogP contribution is 2.29. The number of nitrogens with zero attached hydrogens (tertiary/aromatic N) is 1. The van der Waals surface area contributed by atoms with E-state index in [0.29, 0.717) is 5.69 Å². The second-order valence-corrected chi connectivity index (χ2v) is 6.49. The van der Waals surface area contributed by atoms with E-state index in [-0.39, 0.29) is 18.2 Å². The van der Waals surface area contributed by atoms with Gasteiger partial charge in [-0.3, -0.25) is 9.59 Å². The predicted octanol–water partition coefficient (Wildman–Crippen LogP) is 3.66. The number of carbonyl (C=O) groups is 2. The summed E-state index contributed by atoms with van der Waals surface area (Å²) in [6.07, 6.45) is 0.180. The summed E-state index contributed by atoms with van der Waals surface area (Å²) < 4.78 is 0. The third-order valence-corrected chi connectivity index (χ3v) is 4.81. The van der Waals surface area contributed by atoms with E-state index in [1.165, 1.54) is 10.5 Å². The van der Waals surface area contributed by atoms with Crippen molar-refractivity contribution in [1.29, 1.82) is 0 Å². The van der Waals surface area contributed by atoms with Crippen molar-refractivity contribution >= 4 is 23.2 Å². The second-order valence-electron chi connectivity index (χ2n) is 6.49. The van der Waals surface area contributed by atoms with E-state index < -0.39 is 6.04 Å². The van der Waals surface area contributed by atoms with Crippen LogP contribution in [0.2, 0.25) is 0 Å². The number of nitrogens with one attached hydrogen (secondary N) is 1. The molecule has 1 atom stereocenters. The molecule has 1 N–H and O–H groups in total. The molecule has 24 heavy (non-hydrogen) atoms. The zero-order valence-electron chi connectivity index (χ0n) is 14.5. The molecule has 4 nitrogen and oxygen atoms in total. The third kappa shape index (κ3) is 2.80. The normalized spacial score (nSPS) is 17.5. The minimum Gasteiger partial charge on any atom is -0.373 e. The number of imide groups is 1. The van der Waals surface area contributed by atoms with Gasteiger partial charge in [0.1, 0.15) is 6.04 Å². The van der Waals surface area contributed by atoms with Crippen LogP contribution in [0.1, 0.15) is 28.7 Å². The van der Waals surface area contributed by atoms with Crippen molar-refractivity contribution in [3.63, 3.8) is 0 Å². The summed E-state index contributed by atoms with van der Waals surface area (Å²) in [5.41, 5.74) is 5.95. The van der Waals surface area contributed by atoms with Gasteiger partial charge in [-0.05, 0) is 68.1 Å². The Labute approximate surface area is 142 Å². The van der Waals surface area contributed by atoms with Crippen molar-refractivity contribution in [2.45, 2.75) is 40.2 Å². The minimum atomic E-state index is -0.514. The van der Waals surface area contributed by atoms with E-state index in [2.05, 4.69) is 5.32 Å². The van der Waals surface area contributed by atoms with Crippen LogP contribution in [0.4, 0.5) is 11.4 Å². The van der Waals surface area contributed by atoms with Crippen molar-refractivity contribution in [3.8, 4) is 0 Å². The number of amides is 2. The van der Waals surface area contributed by atoms with Crippen LogP contribution in [0.3, 0.4) is 0 Å². The lowest BCUT2D eigenvalue weighted by atomic mass is 10.1. The van der Waals surface area contributed by atoms with Crippen LogP contribution >= 0.6 is 0 Å². The monoisotopic (exact) mass is 322 g/mol. The minimum absolute atomic E-state index is 0.157. The van der Waals surface area contributed by atoms with Gasteiger partial charge in [-0.15, -0.1) is 0 Å². The van der Waals surface area contributed by atoms with Gasteiger partial charge in [0.15, 0.2) is 0 Å². The van der Waals surface area contributed by atoms with Gasteiger partial charge in [0.25, 0.3) is 5.91 Å². The smallest absolute Gasteiger partial charge is 0.256 e. The molecule has 1 saturated heterocycles. The number of anilines is 2. The molecule has 1 heterocycles. The highest BCUT2D eigenvalue weighted by atomic mass is 16.2. The molecule has 1 unspecified atom stereocenters. The molecular weight excluding hydrogens is 300 g/mol. The van der Waals surface area contributed by atoms with E-state index in [1.807, 2.05) is 64.1 Å². The van der Waals surface area contributed by atoms with Crippen molar-refractivity contribution in [1.82, 2.24) is 0 Å². The third-order valence-electron chi connectivity index (χ3n) is 4.81. The fraction of sp³-hybridized carbons (Fsp3) is 0.300. The van der Waals surface area contributed by atoms with Gasteiger partial charge in [-0.1, -0.05) is 18.2 Å². The molecule has 0 bridgehead atoms. The Morgan fingerprint density at radius 1 is 0.958 bits per heavy atom. The summed E-state index contributed by atoms with van der Waals surface area (Å²) in [6.45, 7) is 8.00. The zero-order valence-corrected chi connectivity index (χ0v) is 14.5. The lowest BCUT2D eigenvalue weighted by Crippen LogP contribution is -2.35. The van der Waals surface area contributed by atoms with Gasteiger partial charge in [-0.2, -0.15) is 0 Å². The molecule has 0 saturated carbocycles. The lowest BCUT2D eigenvalue weighted by Gasteiger charge is -2.19. The van der Waals surface area contributed by atoms with Gasteiger partial charge in [0.05, 0.1) is 12.1 Å². The van der Waals surface area contributed by atoms with Crippen molar-refractivity contribution < 1.29 is 9.59 Å². The van der Waals surface area contributed by atoms with Crippen LogP contribution in [-0.2, 0) is 9.59 Å². The SMILES string of the molecule is Cc1ccc(NC2CC(=O)N(c3cccc(C)c3C)C2=O)cc1C. The van der Waals surface area contributed by atoms with Crippen LogP contribution in [-0.4, -0.2) is 17.9 Å². The van der Waals surface area contributed by atoms with Gasteiger partial charge >= 0.3 is 0 Å². The van der Waals surface area contributed by atoms with Crippen LogP contribution < -0.4 is 10.2 Å². The summed E-state index contributed by atoms with van der Waals surface area (Å²) >= 11 is 0. The van der Waals surface area contributed by atoms with Crippen LogP contribution in [0.25, 0.3) is 0 Å². The van der Waals surface area contributed by atoms with Crippen molar-refractivity contribution in [2.75, 3.05) is 10.2 Å². The van der Waals surface area contributed by atoms with Crippen LogP contribution in [0.15, 0.2) is 36.4 Å². The zero-order chi connectivity index (χ0) is 17.4. The first-order valence-corrected chi connectivity index (χ1v) is 8.15. The molecule has 4 heteroatoms. The van der Waals surface area contributed by atoms with E-state index in [0.717, 1.165) is 22.4 Å². The Kier molecular flexibility index (Phi) is 4.14. The maximum atomic E-state index is 12.8. The summed E-state index contributed by atoms with van der Waals surface area (Å²) in [7, 11) is 0. The van der Waals surface area contributed by atoms with E-state index in [1.54, 1.807) is 0 Å². The fourth-order valence-electron chi connectivity index (χ4n) is 3.01. The van der Waals surface area contributed by atoms with Crippen LogP contribution in [0, 0.1) is 27.7 Å². The molecule has 0 radical (unpaired) electrons. The van der Waals surface area contributed by atoms with E-state index in [4.69, 9.17) is 0 Å². The molecule has 0 spiro atoms. The average Bonchev–Trinajstić information content (AvgIpc) is 2.80. The van der Waals surface area contributed by atoms with Crippen molar-refractivity contribution in [2.24, 2.45) is 0 Å². The molecule has 2 amide bonds. The second kappa shape index (κ2) is 6.11. The summed E-state index contributed by atoms with van der Waals surface area (Å²) in [5.74, 6) is -0.345. The molecule has 1 fully saturated rings. The molecule has 124 valence electrons. The predicted molar refractivity (Wildman–Crippen MR) is 96.4 cm³/mol.